The van der Waals surface area contributed by atoms with Crippen molar-refractivity contribution >= 4 is 11.6 Å². The molecule has 1 aromatic rings. The number of carbonyl (C=O) groups excluding carboxylic acids is 1. The lowest BCUT2D eigenvalue weighted by Crippen LogP contribution is -2.28. The number of amides is 1. The van der Waals surface area contributed by atoms with Crippen molar-refractivity contribution in [1.29, 1.82) is 0 Å². The van der Waals surface area contributed by atoms with E-state index in [1.54, 1.807) is 0 Å². The fourth-order valence-corrected chi connectivity index (χ4v) is 3.85. The topological polar surface area (TPSA) is 59.6 Å². The molecular weight excluding hydrogens is 412 g/mol. The number of carbonyl (C=O) groups is 1. The number of nitrogens with one attached hydrogen (secondary N) is 2. The predicted molar refractivity (Wildman–Crippen MR) is 140 cm³/mol. The van der Waals surface area contributed by atoms with E-state index in [9.17, 15) is 4.79 Å². The molecule has 0 heterocycles. The summed E-state index contributed by atoms with van der Waals surface area (Å²) in [6, 6.07) is 7.45. The molecule has 0 aromatic heterocycles. The van der Waals surface area contributed by atoms with Crippen LogP contribution in [0.25, 0.3) is 0 Å². The molecule has 5 nitrogen and oxygen atoms in total. The zero-order chi connectivity index (χ0) is 23.8. The second-order valence-electron chi connectivity index (χ2n) is 8.89. The summed E-state index contributed by atoms with van der Waals surface area (Å²) in [6.07, 6.45) is 19.1. The first-order valence-corrected chi connectivity index (χ1v) is 13.6. The van der Waals surface area contributed by atoms with Crippen LogP contribution in [-0.2, 0) is 9.53 Å². The molecule has 0 aliphatic heterocycles. The third kappa shape index (κ3) is 18.5. The van der Waals surface area contributed by atoms with Crippen LogP contribution in [0.3, 0.4) is 0 Å². The number of hydrogen-bond donors (Lipinski definition) is 2. The highest BCUT2D eigenvalue weighted by Crippen LogP contribution is 2.16. The lowest BCUT2D eigenvalue weighted by atomic mass is 10.0. The van der Waals surface area contributed by atoms with E-state index >= 15 is 0 Å². The van der Waals surface area contributed by atoms with Gasteiger partial charge in [-0.25, -0.2) is 0 Å². The van der Waals surface area contributed by atoms with Crippen molar-refractivity contribution < 1.29 is 14.3 Å². The maximum Gasteiger partial charge on any atom is 0.238 e. The summed E-state index contributed by atoms with van der Waals surface area (Å²) in [6.45, 7) is 7.31. The van der Waals surface area contributed by atoms with Gasteiger partial charge in [0.1, 0.15) is 12.4 Å². The number of benzene rings is 1. The van der Waals surface area contributed by atoms with Crippen molar-refractivity contribution in [3.05, 3.63) is 24.3 Å². The van der Waals surface area contributed by atoms with Gasteiger partial charge in [0.25, 0.3) is 0 Å². The molecule has 0 saturated heterocycles. The molecule has 1 rings (SSSR count). The summed E-state index contributed by atoms with van der Waals surface area (Å²) in [5.41, 5.74) is 0.787. The van der Waals surface area contributed by atoms with Gasteiger partial charge in [-0.15, -0.1) is 0 Å². The molecule has 5 heteroatoms. The SMILES string of the molecule is CCCCCCCCCCCCCCCCNCC(=O)Nc1ccc(OCCOCC)cc1. The van der Waals surface area contributed by atoms with Gasteiger partial charge in [-0.3, -0.25) is 4.79 Å². The van der Waals surface area contributed by atoms with Crippen molar-refractivity contribution in [3.8, 4) is 5.75 Å². The second kappa shape index (κ2) is 22.2. The Hall–Kier alpha value is -1.59. The van der Waals surface area contributed by atoms with Crippen LogP contribution in [0, 0.1) is 0 Å². The van der Waals surface area contributed by atoms with Gasteiger partial charge in [0.2, 0.25) is 5.91 Å². The molecule has 0 fully saturated rings. The summed E-state index contributed by atoms with van der Waals surface area (Å²) in [5, 5.41) is 6.17. The van der Waals surface area contributed by atoms with E-state index in [0.717, 1.165) is 24.4 Å². The zero-order valence-corrected chi connectivity index (χ0v) is 21.5. The van der Waals surface area contributed by atoms with Gasteiger partial charge in [-0.05, 0) is 44.2 Å². The van der Waals surface area contributed by atoms with Crippen LogP contribution in [0.15, 0.2) is 24.3 Å². The quantitative estimate of drug-likeness (QED) is 0.170. The fourth-order valence-electron chi connectivity index (χ4n) is 3.85. The van der Waals surface area contributed by atoms with Crippen LogP contribution in [0.4, 0.5) is 5.69 Å². The normalized spacial score (nSPS) is 11.0. The standard InChI is InChI=1S/C28H50N2O3/c1-3-5-6-7-8-9-10-11-12-13-14-15-16-17-22-29-25-28(31)30-26-18-20-27(21-19-26)33-24-23-32-4-2/h18-21,29H,3-17,22-25H2,1-2H3,(H,30,31). The molecule has 0 atom stereocenters. The van der Waals surface area contributed by atoms with Gasteiger partial charge in [0, 0.05) is 12.3 Å². The molecule has 190 valence electrons. The van der Waals surface area contributed by atoms with E-state index in [0.29, 0.717) is 26.4 Å². The van der Waals surface area contributed by atoms with Crippen molar-refractivity contribution in [3.63, 3.8) is 0 Å². The van der Waals surface area contributed by atoms with Gasteiger partial charge in [-0.2, -0.15) is 0 Å². The minimum atomic E-state index is -0.00891. The minimum Gasteiger partial charge on any atom is -0.491 e. The van der Waals surface area contributed by atoms with Crippen molar-refractivity contribution in [2.75, 3.05) is 38.2 Å². The third-order valence-corrected chi connectivity index (χ3v) is 5.83. The van der Waals surface area contributed by atoms with Crippen LogP contribution in [0.5, 0.6) is 5.75 Å². The van der Waals surface area contributed by atoms with E-state index in [-0.39, 0.29) is 5.91 Å². The Balaban J connectivity index is 1.88. The average Bonchev–Trinajstić information content (AvgIpc) is 2.82. The van der Waals surface area contributed by atoms with E-state index < -0.39 is 0 Å². The number of anilines is 1. The van der Waals surface area contributed by atoms with E-state index in [2.05, 4.69) is 17.6 Å². The Bertz CT molecular complexity index is 563. The second-order valence-corrected chi connectivity index (χ2v) is 8.89. The minimum absolute atomic E-state index is 0.00891. The molecule has 0 spiro atoms. The predicted octanol–water partition coefficient (Wildman–Crippen LogP) is 7.11. The largest absolute Gasteiger partial charge is 0.491 e. The highest BCUT2D eigenvalue weighted by atomic mass is 16.5. The van der Waals surface area contributed by atoms with E-state index in [1.165, 1.54) is 83.5 Å². The Kier molecular flexibility index (Phi) is 19.8. The summed E-state index contributed by atoms with van der Waals surface area (Å²) in [5.74, 6) is 0.772. The molecule has 33 heavy (non-hydrogen) atoms. The smallest absolute Gasteiger partial charge is 0.238 e. The first-order valence-electron chi connectivity index (χ1n) is 13.6. The highest BCUT2D eigenvalue weighted by molar-refractivity contribution is 5.92. The lowest BCUT2D eigenvalue weighted by molar-refractivity contribution is -0.115. The molecule has 1 aromatic carbocycles. The van der Waals surface area contributed by atoms with Crippen molar-refractivity contribution in [2.45, 2.75) is 104 Å². The maximum atomic E-state index is 12.1. The van der Waals surface area contributed by atoms with Crippen LogP contribution >= 0.6 is 0 Å². The highest BCUT2D eigenvalue weighted by Gasteiger charge is 2.02. The molecule has 0 aliphatic rings. The van der Waals surface area contributed by atoms with Crippen molar-refractivity contribution in [1.82, 2.24) is 5.32 Å². The average molecular weight is 463 g/mol. The van der Waals surface area contributed by atoms with Gasteiger partial charge in [-0.1, -0.05) is 90.4 Å². The van der Waals surface area contributed by atoms with Gasteiger partial charge >= 0.3 is 0 Å². The fraction of sp³-hybridized carbons (Fsp3) is 0.750. The zero-order valence-electron chi connectivity index (χ0n) is 21.5. The Labute approximate surface area is 203 Å². The molecule has 0 radical (unpaired) electrons. The molecule has 0 bridgehead atoms. The lowest BCUT2D eigenvalue weighted by Gasteiger charge is -2.09. The number of rotatable bonds is 23. The Morgan fingerprint density at radius 3 is 1.82 bits per heavy atom. The molecule has 1 amide bonds. The van der Waals surface area contributed by atoms with Crippen LogP contribution in [0.1, 0.15) is 104 Å². The summed E-state index contributed by atoms with van der Waals surface area (Å²) >= 11 is 0. The summed E-state index contributed by atoms with van der Waals surface area (Å²) in [4.78, 5) is 12.1. The van der Waals surface area contributed by atoms with Gasteiger partial charge < -0.3 is 20.1 Å². The van der Waals surface area contributed by atoms with Crippen LogP contribution in [-0.4, -0.2) is 38.8 Å². The summed E-state index contributed by atoms with van der Waals surface area (Å²) < 4.78 is 10.8. The number of ether oxygens (including phenoxy) is 2. The van der Waals surface area contributed by atoms with Crippen LogP contribution < -0.4 is 15.4 Å². The molecular formula is C28H50N2O3. The first-order chi connectivity index (χ1) is 16.3. The Morgan fingerprint density at radius 2 is 1.27 bits per heavy atom. The van der Waals surface area contributed by atoms with Crippen molar-refractivity contribution in [2.24, 2.45) is 0 Å². The van der Waals surface area contributed by atoms with Gasteiger partial charge in [0.15, 0.2) is 0 Å². The van der Waals surface area contributed by atoms with E-state index in [1.807, 2.05) is 31.2 Å². The molecule has 0 unspecified atom stereocenters. The number of unbranched alkanes of at least 4 members (excludes halogenated alkanes) is 13. The van der Waals surface area contributed by atoms with Gasteiger partial charge in [0.05, 0.1) is 13.2 Å². The third-order valence-electron chi connectivity index (χ3n) is 5.83. The first kappa shape index (κ1) is 29.4. The Morgan fingerprint density at radius 1 is 0.727 bits per heavy atom. The van der Waals surface area contributed by atoms with Crippen LogP contribution in [0.2, 0.25) is 0 Å². The molecule has 0 aliphatic carbocycles. The summed E-state index contributed by atoms with van der Waals surface area (Å²) in [7, 11) is 0. The molecule has 0 saturated carbocycles. The monoisotopic (exact) mass is 462 g/mol. The number of hydrogen-bond acceptors (Lipinski definition) is 4. The van der Waals surface area contributed by atoms with E-state index in [4.69, 9.17) is 9.47 Å². The maximum absolute atomic E-state index is 12.1. The molecule has 2 N–H and O–H groups in total.